The van der Waals surface area contributed by atoms with Crippen LogP contribution in [0.4, 0.5) is 14.5 Å². The van der Waals surface area contributed by atoms with Crippen molar-refractivity contribution in [3.8, 4) is 5.75 Å². The highest BCUT2D eigenvalue weighted by Gasteiger charge is 2.24. The quantitative estimate of drug-likeness (QED) is 0.642. The number of aryl methyl sites for hydroxylation is 1. The molecule has 4 nitrogen and oxygen atoms in total. The van der Waals surface area contributed by atoms with E-state index in [1.807, 2.05) is 26.0 Å². The summed E-state index contributed by atoms with van der Waals surface area (Å²) < 4.78 is 38.6. The van der Waals surface area contributed by atoms with Gasteiger partial charge in [0.05, 0.1) is 17.8 Å². The molecule has 26 heavy (non-hydrogen) atoms. The Morgan fingerprint density at radius 1 is 1.19 bits per heavy atom. The molecule has 1 aliphatic rings. The SMILES string of the molecule is CCc1c(C)c2ccc3c(c2oc1=O)CN(c1ccc(F)cc1F)CO3. The van der Waals surface area contributed by atoms with Crippen LogP contribution in [0.15, 0.2) is 39.5 Å². The van der Waals surface area contributed by atoms with E-state index in [2.05, 4.69) is 0 Å². The van der Waals surface area contributed by atoms with Gasteiger partial charge in [0.25, 0.3) is 0 Å². The standard InChI is InChI=1S/C20H17F2NO3/c1-3-13-11(2)14-5-7-18-15(19(14)26-20(13)24)9-23(10-25-18)17-6-4-12(21)8-16(17)22/h4-8H,3,9-10H2,1-2H3. The Kier molecular flexibility index (Phi) is 3.90. The summed E-state index contributed by atoms with van der Waals surface area (Å²) >= 11 is 0. The van der Waals surface area contributed by atoms with Crippen molar-refractivity contribution in [3.05, 3.63) is 69.1 Å². The van der Waals surface area contributed by atoms with E-state index in [9.17, 15) is 13.6 Å². The zero-order valence-corrected chi connectivity index (χ0v) is 14.4. The number of benzene rings is 2. The maximum Gasteiger partial charge on any atom is 0.339 e. The van der Waals surface area contributed by atoms with Gasteiger partial charge >= 0.3 is 5.63 Å². The predicted octanol–water partition coefficient (Wildman–Crippen LogP) is 4.30. The van der Waals surface area contributed by atoms with Gasteiger partial charge in [-0.3, -0.25) is 0 Å². The third-order valence-electron chi connectivity index (χ3n) is 4.84. The predicted molar refractivity (Wildman–Crippen MR) is 94.6 cm³/mol. The maximum absolute atomic E-state index is 14.1. The van der Waals surface area contributed by atoms with Crippen LogP contribution >= 0.6 is 0 Å². The first kappa shape index (κ1) is 16.6. The summed E-state index contributed by atoms with van der Waals surface area (Å²) in [7, 11) is 0. The Bertz CT molecular complexity index is 1070. The highest BCUT2D eigenvalue weighted by atomic mass is 19.1. The number of halogens is 2. The van der Waals surface area contributed by atoms with Crippen molar-refractivity contribution in [1.29, 1.82) is 0 Å². The fourth-order valence-corrected chi connectivity index (χ4v) is 3.46. The number of ether oxygens (including phenoxy) is 1. The summed E-state index contributed by atoms with van der Waals surface area (Å²) in [5, 5.41) is 0.838. The van der Waals surface area contributed by atoms with E-state index in [0.717, 1.165) is 17.0 Å². The molecule has 0 radical (unpaired) electrons. The van der Waals surface area contributed by atoms with Gasteiger partial charge < -0.3 is 14.1 Å². The number of fused-ring (bicyclic) bond motifs is 3. The van der Waals surface area contributed by atoms with Crippen LogP contribution in [0.2, 0.25) is 0 Å². The molecule has 134 valence electrons. The number of nitrogens with zero attached hydrogens (tertiary/aromatic N) is 1. The van der Waals surface area contributed by atoms with Crippen LogP contribution < -0.4 is 15.3 Å². The summed E-state index contributed by atoms with van der Waals surface area (Å²) in [5.74, 6) is -0.699. The molecule has 0 N–H and O–H groups in total. The molecular formula is C20H17F2NO3. The molecule has 0 fully saturated rings. The molecule has 2 aromatic carbocycles. The van der Waals surface area contributed by atoms with Gasteiger partial charge in [0.1, 0.15) is 23.0 Å². The fraction of sp³-hybridized carbons (Fsp3) is 0.250. The Labute approximate surface area is 148 Å². The molecule has 0 amide bonds. The molecule has 0 saturated heterocycles. The molecule has 2 heterocycles. The first-order valence-corrected chi connectivity index (χ1v) is 8.40. The van der Waals surface area contributed by atoms with E-state index >= 15 is 0 Å². The fourth-order valence-electron chi connectivity index (χ4n) is 3.46. The van der Waals surface area contributed by atoms with Gasteiger partial charge in [-0.05, 0) is 43.2 Å². The largest absolute Gasteiger partial charge is 0.473 e. The monoisotopic (exact) mass is 357 g/mol. The van der Waals surface area contributed by atoms with Gasteiger partial charge in [-0.1, -0.05) is 6.92 Å². The Hall–Kier alpha value is -2.89. The molecule has 0 unspecified atom stereocenters. The summed E-state index contributed by atoms with van der Waals surface area (Å²) in [6, 6.07) is 7.13. The molecule has 1 aromatic heterocycles. The van der Waals surface area contributed by atoms with Crippen LogP contribution in [0.25, 0.3) is 11.0 Å². The molecule has 1 aliphatic heterocycles. The van der Waals surface area contributed by atoms with E-state index in [4.69, 9.17) is 9.15 Å². The summed E-state index contributed by atoms with van der Waals surface area (Å²) in [6.45, 7) is 4.22. The van der Waals surface area contributed by atoms with E-state index < -0.39 is 11.6 Å². The molecule has 0 bridgehead atoms. The van der Waals surface area contributed by atoms with E-state index in [0.29, 0.717) is 35.4 Å². The van der Waals surface area contributed by atoms with Crippen molar-refractivity contribution < 1.29 is 17.9 Å². The summed E-state index contributed by atoms with van der Waals surface area (Å²) in [4.78, 5) is 13.9. The normalized spacial score (nSPS) is 13.6. The third-order valence-corrected chi connectivity index (χ3v) is 4.84. The van der Waals surface area contributed by atoms with Crippen molar-refractivity contribution in [1.82, 2.24) is 0 Å². The minimum atomic E-state index is -0.664. The van der Waals surface area contributed by atoms with Crippen LogP contribution in [0, 0.1) is 18.6 Å². The first-order chi connectivity index (χ1) is 12.5. The second kappa shape index (κ2) is 6.12. The van der Waals surface area contributed by atoms with Crippen LogP contribution in [0.5, 0.6) is 5.75 Å². The number of anilines is 1. The third kappa shape index (κ3) is 2.53. The lowest BCUT2D eigenvalue weighted by atomic mass is 10.0. The summed E-state index contributed by atoms with van der Waals surface area (Å²) in [5.41, 5.74) is 2.53. The minimum absolute atomic E-state index is 0.122. The van der Waals surface area contributed by atoms with E-state index in [-0.39, 0.29) is 18.0 Å². The maximum atomic E-state index is 14.1. The molecule has 0 saturated carbocycles. The van der Waals surface area contributed by atoms with Crippen molar-refractivity contribution >= 4 is 16.7 Å². The number of hydrogen-bond donors (Lipinski definition) is 0. The lowest BCUT2D eigenvalue weighted by molar-refractivity contribution is 0.287. The Morgan fingerprint density at radius 3 is 2.73 bits per heavy atom. The zero-order chi connectivity index (χ0) is 18.4. The van der Waals surface area contributed by atoms with Crippen LogP contribution in [-0.2, 0) is 13.0 Å². The van der Waals surface area contributed by atoms with E-state index in [1.54, 1.807) is 4.90 Å². The molecule has 6 heteroatoms. The van der Waals surface area contributed by atoms with Crippen LogP contribution in [-0.4, -0.2) is 6.73 Å². The van der Waals surface area contributed by atoms with Crippen molar-refractivity contribution in [3.63, 3.8) is 0 Å². The second-order valence-corrected chi connectivity index (χ2v) is 6.33. The van der Waals surface area contributed by atoms with Crippen LogP contribution in [0.3, 0.4) is 0 Å². The highest BCUT2D eigenvalue weighted by Crippen LogP contribution is 2.35. The molecule has 3 aromatic rings. The van der Waals surface area contributed by atoms with E-state index in [1.165, 1.54) is 12.1 Å². The van der Waals surface area contributed by atoms with Gasteiger partial charge in [-0.25, -0.2) is 13.6 Å². The lowest BCUT2D eigenvalue weighted by Gasteiger charge is -2.31. The molecule has 4 rings (SSSR count). The Balaban J connectivity index is 1.85. The first-order valence-electron chi connectivity index (χ1n) is 8.40. The van der Waals surface area contributed by atoms with Gasteiger partial charge in [-0.15, -0.1) is 0 Å². The second-order valence-electron chi connectivity index (χ2n) is 6.33. The van der Waals surface area contributed by atoms with Crippen molar-refractivity contribution in [2.45, 2.75) is 26.8 Å². The van der Waals surface area contributed by atoms with Gasteiger partial charge in [0.15, 0.2) is 6.73 Å². The van der Waals surface area contributed by atoms with Crippen molar-refractivity contribution in [2.24, 2.45) is 0 Å². The zero-order valence-electron chi connectivity index (χ0n) is 14.4. The average Bonchev–Trinajstić information content (AvgIpc) is 2.61. The lowest BCUT2D eigenvalue weighted by Crippen LogP contribution is -2.32. The number of rotatable bonds is 2. The topological polar surface area (TPSA) is 42.7 Å². The smallest absolute Gasteiger partial charge is 0.339 e. The van der Waals surface area contributed by atoms with Crippen LogP contribution in [0.1, 0.15) is 23.6 Å². The Morgan fingerprint density at radius 2 is 2.00 bits per heavy atom. The van der Waals surface area contributed by atoms with Gasteiger partial charge in [0, 0.05) is 17.0 Å². The van der Waals surface area contributed by atoms with Gasteiger partial charge in [0.2, 0.25) is 0 Å². The minimum Gasteiger partial charge on any atom is -0.473 e. The summed E-state index contributed by atoms with van der Waals surface area (Å²) in [6.07, 6.45) is 0.588. The average molecular weight is 357 g/mol. The molecule has 0 spiro atoms. The molecule has 0 aliphatic carbocycles. The van der Waals surface area contributed by atoms with Gasteiger partial charge in [-0.2, -0.15) is 0 Å². The molecular weight excluding hydrogens is 340 g/mol. The highest BCUT2D eigenvalue weighted by molar-refractivity contribution is 5.86. The molecule has 0 atom stereocenters. The van der Waals surface area contributed by atoms with Crippen molar-refractivity contribution in [2.75, 3.05) is 11.6 Å². The number of hydrogen-bond acceptors (Lipinski definition) is 4.